The molecule has 2 fully saturated rings. The molecule has 3 heterocycles. The van der Waals surface area contributed by atoms with E-state index in [1.165, 1.54) is 0 Å². The minimum Gasteiger partial charge on any atom is -0.349 e. The van der Waals surface area contributed by atoms with Gasteiger partial charge >= 0.3 is 0 Å². The summed E-state index contributed by atoms with van der Waals surface area (Å²) in [6.07, 6.45) is 6.99. The molecule has 1 saturated heterocycles. The lowest BCUT2D eigenvalue weighted by Gasteiger charge is -2.37. The van der Waals surface area contributed by atoms with E-state index in [9.17, 15) is 9.59 Å². The van der Waals surface area contributed by atoms with Crippen LogP contribution in [0.25, 0.3) is 0 Å². The van der Waals surface area contributed by atoms with Crippen LogP contribution in [-0.2, 0) is 22.7 Å². The highest BCUT2D eigenvalue weighted by Crippen LogP contribution is 2.49. The fraction of sp³-hybridized carbons (Fsp3) is 0.474. The van der Waals surface area contributed by atoms with Crippen LogP contribution in [0.2, 0.25) is 0 Å². The highest BCUT2D eigenvalue weighted by Gasteiger charge is 2.53. The van der Waals surface area contributed by atoms with Crippen molar-refractivity contribution in [2.45, 2.75) is 32.0 Å². The molecule has 0 bridgehead atoms. The van der Waals surface area contributed by atoms with Crippen LogP contribution in [0.1, 0.15) is 18.5 Å². The van der Waals surface area contributed by atoms with Crippen molar-refractivity contribution in [1.29, 1.82) is 0 Å². The molecule has 27 heavy (non-hydrogen) atoms. The molecule has 2 N–H and O–H groups in total. The second kappa shape index (κ2) is 7.48. The van der Waals surface area contributed by atoms with Gasteiger partial charge in [-0.2, -0.15) is 5.10 Å². The Labute approximate surface area is 158 Å². The summed E-state index contributed by atoms with van der Waals surface area (Å²) in [5.74, 6) is -0.0754. The predicted octanol–water partition coefficient (Wildman–Crippen LogP) is 0.175. The van der Waals surface area contributed by atoms with Crippen molar-refractivity contribution in [3.05, 3.63) is 48.5 Å². The van der Waals surface area contributed by atoms with Crippen LogP contribution in [0.3, 0.4) is 0 Å². The van der Waals surface area contributed by atoms with Crippen LogP contribution in [0.15, 0.2) is 42.9 Å². The normalized spacial score (nSPS) is 20.9. The van der Waals surface area contributed by atoms with E-state index in [1.54, 1.807) is 17.3 Å². The maximum Gasteiger partial charge on any atom is 0.244 e. The molecule has 4 rings (SSSR count). The van der Waals surface area contributed by atoms with Gasteiger partial charge in [0.15, 0.2) is 0 Å². The van der Waals surface area contributed by atoms with Crippen LogP contribution in [0.5, 0.6) is 0 Å². The number of rotatable bonds is 6. The van der Waals surface area contributed by atoms with Crippen molar-refractivity contribution in [3.63, 3.8) is 0 Å². The largest absolute Gasteiger partial charge is 0.349 e. The van der Waals surface area contributed by atoms with Crippen LogP contribution < -0.4 is 10.6 Å². The van der Waals surface area contributed by atoms with Crippen molar-refractivity contribution in [3.8, 4) is 0 Å². The molecule has 1 unspecified atom stereocenters. The minimum atomic E-state index is -0.495. The van der Waals surface area contributed by atoms with Crippen molar-refractivity contribution >= 4 is 11.8 Å². The third-order valence-electron chi connectivity index (χ3n) is 5.31. The molecule has 2 aromatic rings. The van der Waals surface area contributed by atoms with Gasteiger partial charge in [0.25, 0.3) is 0 Å². The third-order valence-corrected chi connectivity index (χ3v) is 5.31. The minimum absolute atomic E-state index is 0.0671. The number of aromatic nitrogens is 3. The standard InChI is InChI=1S/C19H24N6O2/c26-17(22-12-15-4-1-2-7-21-15)16-13-20-9-11-25(16)18(27)19(5-6-19)14-24-10-3-8-23-24/h1-4,7-8,10,16,20H,5-6,9,11-14H2,(H,22,26). The molecule has 2 amide bonds. The lowest BCUT2D eigenvalue weighted by Crippen LogP contribution is -2.61. The predicted molar refractivity (Wildman–Crippen MR) is 98.3 cm³/mol. The van der Waals surface area contributed by atoms with E-state index in [2.05, 4.69) is 20.7 Å². The van der Waals surface area contributed by atoms with Crippen LogP contribution >= 0.6 is 0 Å². The average Bonchev–Trinajstić information content (AvgIpc) is 3.31. The molecule has 0 aromatic carbocycles. The lowest BCUT2D eigenvalue weighted by atomic mass is 10.0. The molecular formula is C19H24N6O2. The van der Waals surface area contributed by atoms with Gasteiger partial charge in [-0.1, -0.05) is 6.07 Å². The molecule has 1 aliphatic carbocycles. The summed E-state index contributed by atoms with van der Waals surface area (Å²) in [6.45, 7) is 2.65. The van der Waals surface area contributed by atoms with E-state index in [0.717, 1.165) is 18.5 Å². The van der Waals surface area contributed by atoms with Gasteiger partial charge < -0.3 is 15.5 Å². The number of hydrogen-bond acceptors (Lipinski definition) is 5. The quantitative estimate of drug-likeness (QED) is 0.759. The number of hydrogen-bond donors (Lipinski definition) is 2. The summed E-state index contributed by atoms with van der Waals surface area (Å²) in [7, 11) is 0. The Kier molecular flexibility index (Phi) is 4.89. The molecular weight excluding hydrogens is 344 g/mol. The topological polar surface area (TPSA) is 92.2 Å². The molecule has 142 valence electrons. The number of amides is 2. The zero-order valence-corrected chi connectivity index (χ0v) is 15.2. The first-order chi connectivity index (χ1) is 13.2. The van der Waals surface area contributed by atoms with E-state index in [-0.39, 0.29) is 11.8 Å². The summed E-state index contributed by atoms with van der Waals surface area (Å²) in [5, 5.41) is 10.4. The van der Waals surface area contributed by atoms with Gasteiger partial charge in [-0.25, -0.2) is 0 Å². The number of pyridine rings is 1. The van der Waals surface area contributed by atoms with Gasteiger partial charge in [-0.3, -0.25) is 19.3 Å². The Morgan fingerprint density at radius 3 is 2.85 bits per heavy atom. The molecule has 8 heteroatoms. The molecule has 0 radical (unpaired) electrons. The van der Waals surface area contributed by atoms with Crippen LogP contribution in [0.4, 0.5) is 0 Å². The Balaban J connectivity index is 1.42. The second-order valence-electron chi connectivity index (χ2n) is 7.24. The average molecular weight is 368 g/mol. The summed E-state index contributed by atoms with van der Waals surface area (Å²) in [4.78, 5) is 32.0. The highest BCUT2D eigenvalue weighted by molar-refractivity contribution is 5.91. The van der Waals surface area contributed by atoms with Crippen molar-refractivity contribution in [2.75, 3.05) is 19.6 Å². The molecule has 0 spiro atoms. The fourth-order valence-corrected chi connectivity index (χ4v) is 3.58. The van der Waals surface area contributed by atoms with Gasteiger partial charge in [0.2, 0.25) is 11.8 Å². The fourth-order valence-electron chi connectivity index (χ4n) is 3.58. The summed E-state index contributed by atoms with van der Waals surface area (Å²) < 4.78 is 1.81. The zero-order chi connectivity index (χ0) is 18.7. The second-order valence-corrected chi connectivity index (χ2v) is 7.24. The van der Waals surface area contributed by atoms with Gasteiger partial charge in [0.1, 0.15) is 6.04 Å². The lowest BCUT2D eigenvalue weighted by molar-refractivity contribution is -0.146. The van der Waals surface area contributed by atoms with Crippen LogP contribution in [0, 0.1) is 5.41 Å². The maximum absolute atomic E-state index is 13.3. The monoisotopic (exact) mass is 368 g/mol. The maximum atomic E-state index is 13.3. The molecule has 1 atom stereocenters. The molecule has 1 aliphatic heterocycles. The Hall–Kier alpha value is -2.74. The number of carbonyl (C=O) groups is 2. The van der Waals surface area contributed by atoms with Gasteiger partial charge in [0, 0.05) is 38.2 Å². The number of piperazine rings is 1. The first-order valence-corrected chi connectivity index (χ1v) is 9.35. The SMILES string of the molecule is O=C(NCc1ccccn1)C1CNCCN1C(=O)C1(Cn2cccn2)CC1. The van der Waals surface area contributed by atoms with Crippen molar-refractivity contribution in [2.24, 2.45) is 5.41 Å². The first-order valence-electron chi connectivity index (χ1n) is 9.35. The van der Waals surface area contributed by atoms with Crippen molar-refractivity contribution < 1.29 is 9.59 Å². The molecule has 8 nitrogen and oxygen atoms in total. The third kappa shape index (κ3) is 3.85. The summed E-state index contributed by atoms with van der Waals surface area (Å²) in [6, 6.07) is 6.96. The van der Waals surface area contributed by atoms with Gasteiger partial charge in [-0.05, 0) is 31.0 Å². The van der Waals surface area contributed by atoms with Crippen LogP contribution in [-0.4, -0.2) is 57.2 Å². The summed E-state index contributed by atoms with van der Waals surface area (Å²) in [5.41, 5.74) is 0.382. The van der Waals surface area contributed by atoms with E-state index >= 15 is 0 Å². The zero-order valence-electron chi connectivity index (χ0n) is 15.2. The molecule has 1 saturated carbocycles. The van der Waals surface area contributed by atoms with E-state index in [0.29, 0.717) is 32.7 Å². The highest BCUT2D eigenvalue weighted by atomic mass is 16.2. The molecule has 2 aliphatic rings. The Morgan fingerprint density at radius 1 is 1.26 bits per heavy atom. The first kappa shape index (κ1) is 17.7. The summed E-state index contributed by atoms with van der Waals surface area (Å²) >= 11 is 0. The Bertz CT molecular complexity index is 788. The van der Waals surface area contributed by atoms with Gasteiger partial charge in [0.05, 0.1) is 24.2 Å². The van der Waals surface area contributed by atoms with E-state index < -0.39 is 11.5 Å². The van der Waals surface area contributed by atoms with E-state index in [1.807, 2.05) is 35.1 Å². The van der Waals surface area contributed by atoms with Crippen molar-refractivity contribution in [1.82, 2.24) is 30.3 Å². The smallest absolute Gasteiger partial charge is 0.244 e. The number of carbonyl (C=O) groups excluding carboxylic acids is 2. The van der Waals surface area contributed by atoms with Gasteiger partial charge in [-0.15, -0.1) is 0 Å². The number of nitrogens with one attached hydrogen (secondary N) is 2. The molecule has 2 aromatic heterocycles. The Morgan fingerprint density at radius 2 is 2.15 bits per heavy atom. The van der Waals surface area contributed by atoms with E-state index in [4.69, 9.17) is 0 Å². The number of nitrogens with zero attached hydrogens (tertiary/aromatic N) is 4.